The minimum Gasteiger partial charge on any atom is -0.374 e. The van der Waals surface area contributed by atoms with Gasteiger partial charge in [-0.15, -0.1) is 0 Å². The van der Waals surface area contributed by atoms with Crippen LogP contribution in [-0.4, -0.2) is 49.8 Å². The second kappa shape index (κ2) is 8.22. The smallest absolute Gasteiger partial charge is 0.123 e. The topological polar surface area (TPSA) is 24.5 Å². The van der Waals surface area contributed by atoms with Gasteiger partial charge in [-0.3, -0.25) is 4.90 Å². The van der Waals surface area contributed by atoms with Crippen LogP contribution in [0.15, 0.2) is 22.7 Å². The predicted molar refractivity (Wildman–Crippen MR) is 87.1 cm³/mol. The molecule has 1 fully saturated rings. The summed E-state index contributed by atoms with van der Waals surface area (Å²) in [7, 11) is 0. The number of halogens is 2. The number of rotatable bonds is 6. The molecule has 1 aromatic carbocycles. The third-order valence-corrected chi connectivity index (χ3v) is 4.76. The highest BCUT2D eigenvalue weighted by Crippen LogP contribution is 2.21. The Bertz CT molecular complexity index is 458. The van der Waals surface area contributed by atoms with Gasteiger partial charge >= 0.3 is 0 Å². The molecule has 1 heterocycles. The van der Waals surface area contributed by atoms with Crippen molar-refractivity contribution in [2.24, 2.45) is 0 Å². The Labute approximate surface area is 135 Å². The van der Waals surface area contributed by atoms with E-state index in [1.54, 1.807) is 12.1 Å². The fourth-order valence-corrected chi connectivity index (χ4v) is 3.20. The van der Waals surface area contributed by atoms with Crippen molar-refractivity contribution in [1.29, 1.82) is 0 Å². The van der Waals surface area contributed by atoms with E-state index >= 15 is 0 Å². The Balaban J connectivity index is 2.09. The molecule has 0 amide bonds. The summed E-state index contributed by atoms with van der Waals surface area (Å²) < 4.78 is 20.4. The van der Waals surface area contributed by atoms with Gasteiger partial charge in [0, 0.05) is 23.6 Å². The van der Waals surface area contributed by atoms with Gasteiger partial charge in [0.05, 0.1) is 12.7 Å². The second-order valence-corrected chi connectivity index (χ2v) is 6.26. The zero-order chi connectivity index (χ0) is 15.2. The van der Waals surface area contributed by atoms with Crippen LogP contribution in [0.2, 0.25) is 0 Å². The summed E-state index contributed by atoms with van der Waals surface area (Å²) in [5.74, 6) is -0.191. The minimum absolute atomic E-state index is 0.147. The van der Waals surface area contributed by atoms with Crippen LogP contribution in [0.25, 0.3) is 0 Å². The summed E-state index contributed by atoms with van der Waals surface area (Å²) in [6.45, 7) is 8.88. The van der Waals surface area contributed by atoms with E-state index in [1.165, 1.54) is 6.07 Å². The van der Waals surface area contributed by atoms with Gasteiger partial charge in [-0.2, -0.15) is 0 Å². The Morgan fingerprint density at radius 2 is 2.29 bits per heavy atom. The molecule has 1 aromatic rings. The highest BCUT2D eigenvalue weighted by Gasteiger charge is 2.27. The SMILES string of the molecule is CCNC(Cc1cc(F)ccc1Br)C1CN(CC)CCO1. The van der Waals surface area contributed by atoms with E-state index in [0.717, 1.165) is 49.2 Å². The summed E-state index contributed by atoms with van der Waals surface area (Å²) in [6, 6.07) is 5.05. The average Bonchev–Trinajstić information content (AvgIpc) is 2.50. The fourth-order valence-electron chi connectivity index (χ4n) is 2.80. The number of nitrogens with zero attached hydrogens (tertiary/aromatic N) is 1. The summed E-state index contributed by atoms with van der Waals surface area (Å²) in [4.78, 5) is 2.40. The molecule has 0 aliphatic carbocycles. The quantitative estimate of drug-likeness (QED) is 0.846. The second-order valence-electron chi connectivity index (χ2n) is 5.41. The fraction of sp³-hybridized carbons (Fsp3) is 0.625. The predicted octanol–water partition coefficient (Wildman–Crippen LogP) is 2.83. The number of benzene rings is 1. The maximum absolute atomic E-state index is 13.5. The lowest BCUT2D eigenvalue weighted by Gasteiger charge is -2.37. The van der Waals surface area contributed by atoms with Crippen molar-refractivity contribution >= 4 is 15.9 Å². The molecule has 21 heavy (non-hydrogen) atoms. The number of likely N-dealkylation sites (N-methyl/N-ethyl adjacent to an activating group) is 2. The van der Waals surface area contributed by atoms with Gasteiger partial charge < -0.3 is 10.1 Å². The number of nitrogens with one attached hydrogen (secondary N) is 1. The van der Waals surface area contributed by atoms with Crippen LogP contribution < -0.4 is 5.32 Å². The number of hydrogen-bond donors (Lipinski definition) is 1. The van der Waals surface area contributed by atoms with Crippen molar-refractivity contribution in [2.75, 3.05) is 32.8 Å². The molecule has 0 saturated carbocycles. The van der Waals surface area contributed by atoms with Crippen molar-refractivity contribution in [3.05, 3.63) is 34.1 Å². The van der Waals surface area contributed by atoms with Crippen molar-refractivity contribution in [3.8, 4) is 0 Å². The van der Waals surface area contributed by atoms with Crippen molar-refractivity contribution in [2.45, 2.75) is 32.4 Å². The maximum Gasteiger partial charge on any atom is 0.123 e. The first-order chi connectivity index (χ1) is 10.1. The van der Waals surface area contributed by atoms with E-state index in [2.05, 4.69) is 40.0 Å². The molecule has 0 bridgehead atoms. The van der Waals surface area contributed by atoms with Gasteiger partial charge in [0.2, 0.25) is 0 Å². The summed E-state index contributed by atoms with van der Waals surface area (Å²) in [6.07, 6.45) is 0.905. The van der Waals surface area contributed by atoms with Gasteiger partial charge in [-0.1, -0.05) is 29.8 Å². The van der Waals surface area contributed by atoms with Gasteiger partial charge in [-0.05, 0) is 43.3 Å². The third kappa shape index (κ3) is 4.74. The molecular formula is C16H24BrFN2O. The molecule has 2 rings (SSSR count). The van der Waals surface area contributed by atoms with Crippen LogP contribution >= 0.6 is 15.9 Å². The first kappa shape index (κ1) is 16.9. The molecule has 0 radical (unpaired) electrons. The first-order valence-corrected chi connectivity index (χ1v) is 8.44. The highest BCUT2D eigenvalue weighted by atomic mass is 79.9. The lowest BCUT2D eigenvalue weighted by atomic mass is 9.99. The van der Waals surface area contributed by atoms with Gasteiger partial charge in [-0.25, -0.2) is 4.39 Å². The van der Waals surface area contributed by atoms with E-state index in [9.17, 15) is 4.39 Å². The number of hydrogen-bond acceptors (Lipinski definition) is 3. The first-order valence-electron chi connectivity index (χ1n) is 7.65. The summed E-state index contributed by atoms with van der Waals surface area (Å²) in [5, 5.41) is 3.50. The van der Waals surface area contributed by atoms with Crippen molar-refractivity contribution in [1.82, 2.24) is 10.2 Å². The zero-order valence-electron chi connectivity index (χ0n) is 12.7. The highest BCUT2D eigenvalue weighted by molar-refractivity contribution is 9.10. The Hall–Kier alpha value is -0.490. The van der Waals surface area contributed by atoms with Crippen LogP contribution in [0, 0.1) is 5.82 Å². The van der Waals surface area contributed by atoms with Crippen LogP contribution in [-0.2, 0) is 11.2 Å². The molecule has 5 heteroatoms. The van der Waals surface area contributed by atoms with Crippen molar-refractivity contribution in [3.63, 3.8) is 0 Å². The Morgan fingerprint density at radius 1 is 1.48 bits per heavy atom. The molecule has 0 aromatic heterocycles. The van der Waals surface area contributed by atoms with E-state index < -0.39 is 0 Å². The average molecular weight is 359 g/mol. The maximum atomic E-state index is 13.5. The van der Waals surface area contributed by atoms with E-state index in [4.69, 9.17) is 4.74 Å². The number of morpholine rings is 1. The number of ether oxygens (including phenoxy) is 1. The molecule has 1 N–H and O–H groups in total. The largest absolute Gasteiger partial charge is 0.374 e. The third-order valence-electron chi connectivity index (χ3n) is 3.99. The molecule has 1 aliphatic rings. The lowest BCUT2D eigenvalue weighted by Crippen LogP contribution is -2.53. The summed E-state index contributed by atoms with van der Waals surface area (Å²) >= 11 is 3.51. The molecule has 1 aliphatic heterocycles. The van der Waals surface area contributed by atoms with E-state index in [0.29, 0.717) is 0 Å². The Kier molecular flexibility index (Phi) is 6.61. The van der Waals surface area contributed by atoms with E-state index in [1.807, 2.05) is 0 Å². The summed E-state index contributed by atoms with van der Waals surface area (Å²) in [5.41, 5.74) is 0.984. The monoisotopic (exact) mass is 358 g/mol. The molecule has 0 spiro atoms. The standard InChI is InChI=1S/C16H24BrFN2O/c1-3-19-15(16-11-20(4-2)7-8-21-16)10-12-9-13(18)5-6-14(12)17/h5-6,9,15-16,19H,3-4,7-8,10-11H2,1-2H3. The molecular weight excluding hydrogens is 335 g/mol. The van der Waals surface area contributed by atoms with Gasteiger partial charge in [0.25, 0.3) is 0 Å². The molecule has 118 valence electrons. The zero-order valence-corrected chi connectivity index (χ0v) is 14.3. The molecule has 1 saturated heterocycles. The molecule has 2 atom stereocenters. The lowest BCUT2D eigenvalue weighted by molar-refractivity contribution is -0.0445. The van der Waals surface area contributed by atoms with Crippen LogP contribution in [0.3, 0.4) is 0 Å². The molecule has 3 nitrogen and oxygen atoms in total. The van der Waals surface area contributed by atoms with Gasteiger partial charge in [0.1, 0.15) is 5.82 Å². The van der Waals surface area contributed by atoms with Crippen LogP contribution in [0.4, 0.5) is 4.39 Å². The van der Waals surface area contributed by atoms with Crippen LogP contribution in [0.1, 0.15) is 19.4 Å². The van der Waals surface area contributed by atoms with E-state index in [-0.39, 0.29) is 18.0 Å². The minimum atomic E-state index is -0.191. The normalized spacial score (nSPS) is 21.4. The van der Waals surface area contributed by atoms with Crippen molar-refractivity contribution < 1.29 is 9.13 Å². The Morgan fingerprint density at radius 3 is 3.00 bits per heavy atom. The molecule has 2 unspecified atom stereocenters. The van der Waals surface area contributed by atoms with Crippen LogP contribution in [0.5, 0.6) is 0 Å². The van der Waals surface area contributed by atoms with Gasteiger partial charge in [0.15, 0.2) is 0 Å².